The predicted octanol–water partition coefficient (Wildman–Crippen LogP) is 3.16. The van der Waals surface area contributed by atoms with Crippen molar-refractivity contribution in [1.29, 1.82) is 0 Å². The number of fused-ring (bicyclic) bond motifs is 2. The lowest BCUT2D eigenvalue weighted by Gasteiger charge is -2.34. The summed E-state index contributed by atoms with van der Waals surface area (Å²) in [5, 5.41) is 2.81. The molecule has 0 saturated carbocycles. The van der Waals surface area contributed by atoms with Crippen molar-refractivity contribution in [3.8, 4) is 0 Å². The van der Waals surface area contributed by atoms with Gasteiger partial charge in [-0.3, -0.25) is 43.1 Å². The van der Waals surface area contributed by atoms with Crippen molar-refractivity contribution in [2.24, 2.45) is 0 Å². The van der Waals surface area contributed by atoms with Gasteiger partial charge in [0.25, 0.3) is 35.1 Å². The summed E-state index contributed by atoms with van der Waals surface area (Å²) in [6.07, 6.45) is 4.25. The van der Waals surface area contributed by atoms with Crippen LogP contribution in [0.3, 0.4) is 0 Å². The molecule has 4 heterocycles. The van der Waals surface area contributed by atoms with E-state index in [1.165, 1.54) is 22.8 Å². The molecule has 0 radical (unpaired) electrons. The van der Waals surface area contributed by atoms with Crippen molar-refractivity contribution in [2.75, 3.05) is 13.1 Å². The summed E-state index contributed by atoms with van der Waals surface area (Å²) in [5.74, 6) is -2.75. The van der Waals surface area contributed by atoms with Gasteiger partial charge in [-0.2, -0.15) is 0 Å². The summed E-state index contributed by atoms with van der Waals surface area (Å²) < 4.78 is 1.27. The van der Waals surface area contributed by atoms with Gasteiger partial charge in [-0.25, -0.2) is 0 Å². The fourth-order valence-corrected chi connectivity index (χ4v) is 6.17. The number of carbonyl (C=O) groups excluding carboxylic acids is 5. The van der Waals surface area contributed by atoms with Crippen molar-refractivity contribution in [2.45, 2.75) is 25.4 Å². The molecule has 1 aromatic carbocycles. The van der Waals surface area contributed by atoms with E-state index in [0.717, 1.165) is 9.80 Å². The topological polar surface area (TPSA) is 126 Å². The molecule has 0 aliphatic carbocycles. The maximum absolute atomic E-state index is 13.4. The summed E-state index contributed by atoms with van der Waals surface area (Å²) in [7, 11) is 0. The van der Waals surface area contributed by atoms with Crippen molar-refractivity contribution in [3.63, 3.8) is 0 Å². The average Bonchev–Trinajstić information content (AvgIpc) is 3.45. The van der Waals surface area contributed by atoms with Gasteiger partial charge in [0.2, 0.25) is 0 Å². The van der Waals surface area contributed by atoms with Crippen LogP contribution in [0.1, 0.15) is 51.0 Å². The number of imide groups is 2. The number of allylic oxidation sites excluding steroid dienone is 1. The van der Waals surface area contributed by atoms with Gasteiger partial charge in [0.05, 0.1) is 31.8 Å². The van der Waals surface area contributed by atoms with Crippen LogP contribution in [0.15, 0.2) is 75.6 Å². The highest BCUT2D eigenvalue weighted by molar-refractivity contribution is 9.10. The Labute approximate surface area is 241 Å². The average molecular weight is 626 g/mol. The number of halogens is 2. The molecule has 0 fully saturated rings. The Kier molecular flexibility index (Phi) is 6.97. The molecule has 10 nitrogen and oxygen atoms in total. The molecule has 1 N–H and O–H groups in total. The number of hydrogen-bond acceptors (Lipinski definition) is 6. The first-order chi connectivity index (χ1) is 19.1. The van der Waals surface area contributed by atoms with Crippen LogP contribution in [-0.2, 0) is 15.3 Å². The molecule has 3 aliphatic rings. The van der Waals surface area contributed by atoms with E-state index in [-0.39, 0.29) is 63.4 Å². The van der Waals surface area contributed by atoms with E-state index in [1.807, 2.05) is 0 Å². The second-order valence-electron chi connectivity index (χ2n) is 9.42. The van der Waals surface area contributed by atoms with Gasteiger partial charge in [0.1, 0.15) is 11.4 Å². The van der Waals surface area contributed by atoms with E-state index in [4.69, 9.17) is 11.6 Å². The van der Waals surface area contributed by atoms with Gasteiger partial charge in [0, 0.05) is 25.9 Å². The molecular formula is C28H22BrClN4O6. The summed E-state index contributed by atoms with van der Waals surface area (Å²) in [6, 6.07) is 7.72. The quantitative estimate of drug-likeness (QED) is 0.450. The standard InChI is InChI=1S/C28H22BrClN4O6/c1-3-7-16-15(4-2)23(36)32(24(16)37)12-10-28(31-22(35)21-20(30)14-19(29)27(40)34(21)28)11-13-33-25(38)17-8-5-6-9-18(17)26(33)39/h3-9,14H,2,10-13H2,1H3,(H,31,35)/b7-3-. The molecule has 40 heavy (non-hydrogen) atoms. The maximum atomic E-state index is 13.4. The van der Waals surface area contributed by atoms with Crippen LogP contribution in [-0.4, -0.2) is 57.0 Å². The van der Waals surface area contributed by atoms with Gasteiger partial charge in [-0.05, 0) is 41.1 Å². The second kappa shape index (κ2) is 10.1. The molecular weight excluding hydrogens is 604 g/mol. The first-order valence-electron chi connectivity index (χ1n) is 12.3. The number of rotatable bonds is 8. The van der Waals surface area contributed by atoms with Crippen molar-refractivity contribution in [1.82, 2.24) is 19.7 Å². The molecule has 12 heteroatoms. The smallest absolute Gasteiger partial charge is 0.271 e. The van der Waals surface area contributed by atoms with E-state index in [0.29, 0.717) is 0 Å². The van der Waals surface area contributed by atoms with Gasteiger partial charge in [-0.1, -0.05) is 48.5 Å². The highest BCUT2D eigenvalue weighted by Crippen LogP contribution is 2.35. The molecule has 5 rings (SSSR count). The second-order valence-corrected chi connectivity index (χ2v) is 10.7. The van der Waals surface area contributed by atoms with E-state index in [1.54, 1.807) is 37.3 Å². The number of nitrogens with zero attached hydrogens (tertiary/aromatic N) is 3. The van der Waals surface area contributed by atoms with Crippen molar-refractivity contribution in [3.05, 3.63) is 103 Å². The van der Waals surface area contributed by atoms with Gasteiger partial charge >= 0.3 is 0 Å². The summed E-state index contributed by atoms with van der Waals surface area (Å²) in [5.41, 5.74) is -1.37. The fraction of sp³-hybridized carbons (Fsp3) is 0.214. The van der Waals surface area contributed by atoms with Crippen molar-refractivity contribution < 1.29 is 24.0 Å². The minimum atomic E-state index is -1.52. The van der Waals surface area contributed by atoms with Crippen LogP contribution in [0.4, 0.5) is 0 Å². The number of pyridine rings is 1. The minimum Gasteiger partial charge on any atom is -0.327 e. The zero-order valence-electron chi connectivity index (χ0n) is 21.2. The van der Waals surface area contributed by atoms with E-state index in [9.17, 15) is 28.8 Å². The highest BCUT2D eigenvalue weighted by atomic mass is 79.9. The minimum absolute atomic E-state index is 0.00545. The number of carbonyl (C=O) groups is 5. The number of nitrogens with one attached hydrogen (secondary N) is 1. The predicted molar refractivity (Wildman–Crippen MR) is 149 cm³/mol. The SMILES string of the molecule is C=CC1=C(/C=C\C)C(=O)N(CCC2(CCN3C(=O)c4ccccc4C3=O)NC(=O)c3c(Cl)cc(Br)c(=O)n32)C1=O. The summed E-state index contributed by atoms with van der Waals surface area (Å²) >= 11 is 9.54. The number of amides is 5. The number of aromatic nitrogens is 1. The third kappa shape index (κ3) is 4.08. The van der Waals surface area contributed by atoms with Gasteiger partial charge in [0.15, 0.2) is 0 Å². The van der Waals surface area contributed by atoms with Crippen molar-refractivity contribution >= 4 is 57.1 Å². The van der Waals surface area contributed by atoms with Crippen LogP contribution in [0.2, 0.25) is 5.02 Å². The molecule has 0 saturated heterocycles. The molecule has 204 valence electrons. The maximum Gasteiger partial charge on any atom is 0.271 e. The van der Waals surface area contributed by atoms with E-state index < -0.39 is 40.8 Å². The first kappa shape index (κ1) is 27.5. The fourth-order valence-electron chi connectivity index (χ4n) is 5.35. The molecule has 0 spiro atoms. The largest absolute Gasteiger partial charge is 0.327 e. The van der Waals surface area contributed by atoms with Crippen LogP contribution < -0.4 is 10.9 Å². The normalized spacial score (nSPS) is 20.2. The van der Waals surface area contributed by atoms with Crippen LogP contribution in [0.5, 0.6) is 0 Å². The highest BCUT2D eigenvalue weighted by Gasteiger charge is 2.48. The monoisotopic (exact) mass is 624 g/mol. The Morgan fingerprint density at radius 2 is 1.48 bits per heavy atom. The zero-order chi connectivity index (χ0) is 28.9. The molecule has 1 aromatic heterocycles. The Bertz CT molecular complexity index is 1640. The molecule has 3 aliphatic heterocycles. The molecule has 5 amide bonds. The zero-order valence-corrected chi connectivity index (χ0v) is 23.5. The Morgan fingerprint density at radius 3 is 2.02 bits per heavy atom. The molecule has 0 bridgehead atoms. The Morgan fingerprint density at radius 1 is 0.925 bits per heavy atom. The third-order valence-corrected chi connectivity index (χ3v) is 8.11. The van der Waals surface area contributed by atoms with Crippen LogP contribution >= 0.6 is 27.5 Å². The van der Waals surface area contributed by atoms with E-state index >= 15 is 0 Å². The van der Waals surface area contributed by atoms with Gasteiger partial charge in [-0.15, -0.1) is 0 Å². The summed E-state index contributed by atoms with van der Waals surface area (Å²) in [4.78, 5) is 80.8. The number of benzene rings is 1. The van der Waals surface area contributed by atoms with E-state index in [2.05, 4.69) is 27.8 Å². The first-order valence-corrected chi connectivity index (χ1v) is 13.5. The van der Waals surface area contributed by atoms with Crippen LogP contribution in [0, 0.1) is 0 Å². The van der Waals surface area contributed by atoms with Gasteiger partial charge < -0.3 is 5.32 Å². The number of hydrogen-bond donors (Lipinski definition) is 1. The molecule has 1 unspecified atom stereocenters. The van der Waals surface area contributed by atoms with Crippen LogP contribution in [0.25, 0.3) is 0 Å². The lowest BCUT2D eigenvalue weighted by atomic mass is 10.0. The Hall–Kier alpha value is -4.09. The lowest BCUT2D eigenvalue weighted by molar-refractivity contribution is -0.137. The molecule has 2 aromatic rings. The third-order valence-electron chi connectivity index (χ3n) is 7.25. The summed E-state index contributed by atoms with van der Waals surface area (Å²) in [6.45, 7) is 5.00. The molecule has 1 atom stereocenters. The Balaban J connectivity index is 1.52. The lowest BCUT2D eigenvalue weighted by Crippen LogP contribution is -2.52.